The first-order valence-corrected chi connectivity index (χ1v) is 15.5. The van der Waals surface area contributed by atoms with E-state index in [-0.39, 0.29) is 5.82 Å². The average Bonchev–Trinajstić information content (AvgIpc) is 3.87. The van der Waals surface area contributed by atoms with Crippen LogP contribution in [0.4, 0.5) is 4.39 Å². The lowest BCUT2D eigenvalue weighted by molar-refractivity contribution is 0.365. The van der Waals surface area contributed by atoms with Gasteiger partial charge in [0, 0.05) is 36.1 Å². The minimum atomic E-state index is -0.837. The van der Waals surface area contributed by atoms with E-state index in [9.17, 15) is 4.39 Å². The molecule has 0 unspecified atom stereocenters. The highest BCUT2D eigenvalue weighted by Gasteiger charge is 2.40. The molecule has 0 aliphatic rings. The normalized spacial score (nSPS) is 11.6. The van der Waals surface area contributed by atoms with Crippen molar-refractivity contribution in [1.82, 2.24) is 33.9 Å². The monoisotopic (exact) mass is 631 g/mol. The van der Waals surface area contributed by atoms with Gasteiger partial charge in [0.1, 0.15) is 28.4 Å². The second-order valence-electron chi connectivity index (χ2n) is 11.5. The highest BCUT2D eigenvalue weighted by Crippen LogP contribution is 2.43. The molecule has 4 heterocycles. The number of pyridine rings is 1. The quantitative estimate of drug-likeness (QED) is 0.161. The predicted octanol–water partition coefficient (Wildman–Crippen LogP) is 7.65. The second-order valence-corrected chi connectivity index (χ2v) is 11.5. The van der Waals surface area contributed by atoms with Crippen LogP contribution in [0.2, 0.25) is 0 Å². The van der Waals surface area contributed by atoms with Crippen molar-refractivity contribution in [3.63, 3.8) is 0 Å². The maximum atomic E-state index is 14.2. The summed E-state index contributed by atoms with van der Waals surface area (Å²) in [6.45, 7) is 0. The molecule has 0 aliphatic carbocycles. The van der Waals surface area contributed by atoms with Crippen molar-refractivity contribution in [2.75, 3.05) is 7.11 Å². The Kier molecular flexibility index (Phi) is 7.14. The molecule has 0 saturated heterocycles. The molecular formula is C39H30FN7O. The summed E-state index contributed by atoms with van der Waals surface area (Å²) in [7, 11) is 3.42. The van der Waals surface area contributed by atoms with Crippen molar-refractivity contribution in [3.8, 4) is 39.9 Å². The van der Waals surface area contributed by atoms with Gasteiger partial charge in [-0.15, -0.1) is 5.10 Å². The minimum Gasteiger partial charge on any atom is -0.467 e. The number of methoxy groups -OCH3 is 1. The maximum Gasteiger partial charge on any atom is 0.316 e. The van der Waals surface area contributed by atoms with Gasteiger partial charge >= 0.3 is 6.01 Å². The van der Waals surface area contributed by atoms with Gasteiger partial charge in [0.15, 0.2) is 5.82 Å². The molecule has 0 amide bonds. The van der Waals surface area contributed by atoms with Crippen LogP contribution in [-0.4, -0.2) is 41.0 Å². The first-order chi connectivity index (χ1) is 23.6. The topological polar surface area (TPSA) is 75.1 Å². The Morgan fingerprint density at radius 3 is 1.81 bits per heavy atom. The number of aromatic nitrogens is 7. The molecule has 8 nitrogen and oxygen atoms in total. The molecule has 234 valence electrons. The highest BCUT2D eigenvalue weighted by atomic mass is 19.1. The summed E-state index contributed by atoms with van der Waals surface area (Å²) >= 11 is 0. The van der Waals surface area contributed by atoms with E-state index in [0.717, 1.165) is 44.7 Å². The van der Waals surface area contributed by atoms with E-state index in [0.29, 0.717) is 17.5 Å². The molecule has 0 aliphatic heterocycles. The Balaban J connectivity index is 1.42. The van der Waals surface area contributed by atoms with E-state index in [1.54, 1.807) is 30.0 Å². The second kappa shape index (κ2) is 11.8. The Morgan fingerprint density at radius 2 is 1.25 bits per heavy atom. The number of hydrogen-bond donors (Lipinski definition) is 0. The van der Waals surface area contributed by atoms with Gasteiger partial charge in [0.25, 0.3) is 0 Å². The van der Waals surface area contributed by atoms with Crippen LogP contribution in [0.25, 0.3) is 39.5 Å². The lowest BCUT2D eigenvalue weighted by Gasteiger charge is -2.36. The van der Waals surface area contributed by atoms with Crippen molar-refractivity contribution in [2.45, 2.75) is 5.54 Å². The molecule has 0 spiro atoms. The summed E-state index contributed by atoms with van der Waals surface area (Å²) in [4.78, 5) is 4.64. The fourth-order valence-corrected chi connectivity index (χ4v) is 6.53. The summed E-state index contributed by atoms with van der Waals surface area (Å²) in [5.74, 6) is 0.303. The fraction of sp³-hybridized carbons (Fsp3) is 0.0769. The fourth-order valence-electron chi connectivity index (χ4n) is 6.53. The maximum absolute atomic E-state index is 14.2. The largest absolute Gasteiger partial charge is 0.467 e. The molecule has 0 atom stereocenters. The van der Waals surface area contributed by atoms with Crippen LogP contribution in [0.1, 0.15) is 16.7 Å². The minimum absolute atomic E-state index is 0.310. The van der Waals surface area contributed by atoms with Gasteiger partial charge in [-0.1, -0.05) is 96.1 Å². The number of hydrogen-bond acceptors (Lipinski definition) is 5. The lowest BCUT2D eigenvalue weighted by Crippen LogP contribution is -2.38. The number of rotatable bonds is 8. The number of halogens is 1. The van der Waals surface area contributed by atoms with Crippen molar-refractivity contribution in [1.29, 1.82) is 0 Å². The van der Waals surface area contributed by atoms with Crippen LogP contribution in [0.3, 0.4) is 0 Å². The molecule has 9 heteroatoms. The van der Waals surface area contributed by atoms with Crippen LogP contribution < -0.4 is 4.74 Å². The summed E-state index contributed by atoms with van der Waals surface area (Å²) in [6.07, 6.45) is 5.90. The Morgan fingerprint density at radius 1 is 0.667 bits per heavy atom. The molecule has 4 aromatic carbocycles. The molecule has 0 N–H and O–H groups in total. The molecular weight excluding hydrogens is 601 g/mol. The Hall–Kier alpha value is -6.35. The first-order valence-electron chi connectivity index (χ1n) is 15.5. The van der Waals surface area contributed by atoms with Crippen molar-refractivity contribution < 1.29 is 9.13 Å². The van der Waals surface area contributed by atoms with Gasteiger partial charge in [0.2, 0.25) is 0 Å². The summed E-state index contributed by atoms with van der Waals surface area (Å²) in [5, 5.41) is 13.9. The molecule has 8 aromatic rings. The Bertz CT molecular complexity index is 2250. The molecule has 8 rings (SSSR count). The van der Waals surface area contributed by atoms with Crippen molar-refractivity contribution >= 4 is 5.65 Å². The van der Waals surface area contributed by atoms with Crippen LogP contribution in [0.5, 0.6) is 6.01 Å². The zero-order chi connectivity index (χ0) is 32.7. The van der Waals surface area contributed by atoms with Gasteiger partial charge < -0.3 is 4.74 Å². The summed E-state index contributed by atoms with van der Waals surface area (Å²) in [6, 6.07) is 42.1. The van der Waals surface area contributed by atoms with Crippen LogP contribution in [-0.2, 0) is 12.6 Å². The third kappa shape index (κ3) is 4.67. The molecule has 48 heavy (non-hydrogen) atoms. The van der Waals surface area contributed by atoms with E-state index in [2.05, 4.69) is 94.2 Å². The number of fused-ring (bicyclic) bond motifs is 1. The van der Waals surface area contributed by atoms with Gasteiger partial charge in [-0.2, -0.15) is 5.10 Å². The van der Waals surface area contributed by atoms with Crippen LogP contribution in [0.15, 0.2) is 146 Å². The van der Waals surface area contributed by atoms with E-state index in [4.69, 9.17) is 9.84 Å². The molecule has 0 saturated carbocycles. The molecule has 0 radical (unpaired) electrons. The van der Waals surface area contributed by atoms with E-state index < -0.39 is 5.54 Å². The zero-order valence-electron chi connectivity index (χ0n) is 26.3. The van der Waals surface area contributed by atoms with E-state index in [1.165, 1.54) is 12.1 Å². The van der Waals surface area contributed by atoms with Crippen molar-refractivity contribution in [3.05, 3.63) is 168 Å². The number of benzene rings is 4. The summed E-state index contributed by atoms with van der Waals surface area (Å²) in [5.41, 5.74) is 7.07. The van der Waals surface area contributed by atoms with E-state index >= 15 is 0 Å². The standard InChI is InChI=1S/C39H30FN7O/c1-45-37(42-43-38(45)48-2)34-24-41-35-23-20-28(25-46(34)35)33-26-47(44-36(33)27-18-21-32(40)22-19-27)39(29-12-6-3-7-13-29,30-14-8-4-9-15-30)31-16-10-5-11-17-31/h3-26H,1-2H3. The third-order valence-corrected chi connectivity index (χ3v) is 8.81. The van der Waals surface area contributed by atoms with Gasteiger partial charge in [-0.25, -0.2) is 9.37 Å². The number of nitrogens with zero attached hydrogens (tertiary/aromatic N) is 7. The van der Waals surface area contributed by atoms with Crippen LogP contribution >= 0.6 is 0 Å². The zero-order valence-corrected chi connectivity index (χ0v) is 26.3. The lowest BCUT2D eigenvalue weighted by atomic mass is 9.77. The van der Waals surface area contributed by atoms with Gasteiger partial charge in [-0.05, 0) is 53.1 Å². The average molecular weight is 632 g/mol. The predicted molar refractivity (Wildman–Crippen MR) is 183 cm³/mol. The molecule has 0 fully saturated rings. The van der Waals surface area contributed by atoms with Crippen LogP contribution in [0, 0.1) is 5.82 Å². The number of imidazole rings is 1. The van der Waals surface area contributed by atoms with Gasteiger partial charge in [-0.3, -0.25) is 13.6 Å². The Labute approximate surface area is 276 Å². The smallest absolute Gasteiger partial charge is 0.316 e. The van der Waals surface area contributed by atoms with Crippen molar-refractivity contribution in [2.24, 2.45) is 7.05 Å². The molecule has 0 bridgehead atoms. The SMILES string of the molecule is COc1nnc(-c2cnc3ccc(-c4cn(C(c5ccccc5)(c5ccccc5)c5ccccc5)nc4-c4ccc(F)cc4)cn23)n1C. The summed E-state index contributed by atoms with van der Waals surface area (Å²) < 4.78 is 25.4. The number of ether oxygens (including phenoxy) is 1. The molecule has 4 aromatic heterocycles. The van der Waals surface area contributed by atoms with Gasteiger partial charge in [0.05, 0.1) is 13.3 Å². The third-order valence-electron chi connectivity index (χ3n) is 8.81. The highest BCUT2D eigenvalue weighted by molar-refractivity contribution is 5.81. The van der Waals surface area contributed by atoms with E-state index in [1.807, 2.05) is 52.7 Å². The first kappa shape index (κ1) is 29.1.